The lowest BCUT2D eigenvalue weighted by Gasteiger charge is -2.31. The van der Waals surface area contributed by atoms with Crippen LogP contribution in [0.25, 0.3) is 0 Å². The van der Waals surface area contributed by atoms with Gasteiger partial charge in [0, 0.05) is 19.6 Å². The van der Waals surface area contributed by atoms with Crippen LogP contribution in [0.3, 0.4) is 0 Å². The Balaban J connectivity index is 4.91. The quantitative estimate of drug-likeness (QED) is 0.263. The van der Waals surface area contributed by atoms with Crippen molar-refractivity contribution >= 4 is 0 Å². The number of nitrogens with one attached hydrogen (secondary N) is 4. The largest absolute Gasteiger partial charge is 0.375 e. The number of hydrogen-bond acceptors (Lipinski definition) is 4. The van der Waals surface area contributed by atoms with Gasteiger partial charge in [-0.05, 0) is 37.5 Å². The summed E-state index contributed by atoms with van der Waals surface area (Å²) < 4.78 is 0. The van der Waals surface area contributed by atoms with Crippen molar-refractivity contribution in [1.82, 2.24) is 21.3 Å². The second-order valence-corrected chi connectivity index (χ2v) is 9.08. The molecule has 0 aliphatic rings. The van der Waals surface area contributed by atoms with E-state index in [2.05, 4.69) is 89.1 Å². The van der Waals surface area contributed by atoms with Crippen LogP contribution in [0.4, 0.5) is 0 Å². The monoisotopic (exact) mass is 376 g/mol. The topological polar surface area (TPSA) is 48.1 Å². The standard InChI is InChI=1S/C23H44N4/c1-16(2)22(17(3)4)27-20(7)26-21(18(5)15-23(8,9)10)13-12-14-25-19(6)24-11/h17,21-22,24-27H,1,5-7,12-15H2,2-4,8-11H3/t21-,22?/m0/s1. The lowest BCUT2D eigenvalue weighted by molar-refractivity contribution is 0.382. The van der Waals surface area contributed by atoms with Crippen LogP contribution in [-0.4, -0.2) is 25.7 Å². The third kappa shape index (κ3) is 11.5. The Morgan fingerprint density at radius 2 is 1.56 bits per heavy atom. The van der Waals surface area contributed by atoms with Gasteiger partial charge in [-0.15, -0.1) is 0 Å². The highest BCUT2D eigenvalue weighted by Gasteiger charge is 2.21. The van der Waals surface area contributed by atoms with Crippen LogP contribution >= 0.6 is 0 Å². The van der Waals surface area contributed by atoms with Crippen molar-refractivity contribution in [3.05, 3.63) is 49.1 Å². The van der Waals surface area contributed by atoms with Gasteiger partial charge in [0.15, 0.2) is 0 Å². The van der Waals surface area contributed by atoms with Crippen LogP contribution in [0.15, 0.2) is 49.1 Å². The van der Waals surface area contributed by atoms with Gasteiger partial charge in [-0.25, -0.2) is 0 Å². The van der Waals surface area contributed by atoms with Gasteiger partial charge < -0.3 is 21.3 Å². The van der Waals surface area contributed by atoms with Crippen molar-refractivity contribution < 1.29 is 0 Å². The van der Waals surface area contributed by atoms with E-state index in [1.54, 1.807) is 0 Å². The molecule has 0 aromatic heterocycles. The molecule has 0 aliphatic carbocycles. The van der Waals surface area contributed by atoms with Crippen LogP contribution < -0.4 is 21.3 Å². The summed E-state index contributed by atoms with van der Waals surface area (Å²) in [6.45, 7) is 30.6. The first-order chi connectivity index (χ1) is 12.4. The predicted octanol–water partition coefficient (Wildman–Crippen LogP) is 4.66. The smallest absolute Gasteiger partial charge is 0.0921 e. The molecule has 0 aromatic carbocycles. The molecular weight excluding hydrogens is 332 g/mol. The zero-order valence-corrected chi connectivity index (χ0v) is 18.9. The molecule has 0 saturated carbocycles. The van der Waals surface area contributed by atoms with Gasteiger partial charge in [-0.3, -0.25) is 0 Å². The van der Waals surface area contributed by atoms with E-state index >= 15 is 0 Å². The average Bonchev–Trinajstić information content (AvgIpc) is 2.52. The molecule has 27 heavy (non-hydrogen) atoms. The van der Waals surface area contributed by atoms with Gasteiger partial charge in [-0.1, -0.05) is 72.1 Å². The molecule has 156 valence electrons. The Morgan fingerprint density at radius 1 is 0.963 bits per heavy atom. The van der Waals surface area contributed by atoms with Crippen LogP contribution in [0.5, 0.6) is 0 Å². The lowest BCUT2D eigenvalue weighted by Crippen LogP contribution is -2.42. The van der Waals surface area contributed by atoms with E-state index in [9.17, 15) is 0 Å². The maximum Gasteiger partial charge on any atom is 0.0921 e. The van der Waals surface area contributed by atoms with Crippen molar-refractivity contribution in [2.75, 3.05) is 13.6 Å². The summed E-state index contributed by atoms with van der Waals surface area (Å²) in [6.07, 6.45) is 2.98. The fourth-order valence-electron chi connectivity index (χ4n) is 3.12. The summed E-state index contributed by atoms with van der Waals surface area (Å²) in [7, 11) is 1.87. The maximum absolute atomic E-state index is 4.37. The van der Waals surface area contributed by atoms with Gasteiger partial charge in [0.25, 0.3) is 0 Å². The SMILES string of the molecule is C=C(NC)NCCC[C@H](NC(=C)NC(C(=C)C)C(C)C)C(=C)CC(C)(C)C. The molecule has 4 nitrogen and oxygen atoms in total. The minimum absolute atomic E-state index is 0.187. The lowest BCUT2D eigenvalue weighted by atomic mass is 9.85. The van der Waals surface area contributed by atoms with Crippen molar-refractivity contribution in [3.63, 3.8) is 0 Å². The van der Waals surface area contributed by atoms with Crippen LogP contribution in [0.2, 0.25) is 0 Å². The molecule has 0 aliphatic heterocycles. The Morgan fingerprint density at radius 3 is 2.00 bits per heavy atom. The Labute approximate surface area is 168 Å². The number of rotatable bonds is 14. The average molecular weight is 377 g/mol. The Hall–Kier alpha value is -1.84. The van der Waals surface area contributed by atoms with Gasteiger partial charge in [0.2, 0.25) is 0 Å². The zero-order chi connectivity index (χ0) is 21.2. The molecule has 4 N–H and O–H groups in total. The molecule has 0 amide bonds. The molecule has 4 heteroatoms. The van der Waals surface area contributed by atoms with Crippen LogP contribution in [0.1, 0.15) is 60.8 Å². The van der Waals surface area contributed by atoms with Gasteiger partial charge in [-0.2, -0.15) is 0 Å². The molecule has 2 atom stereocenters. The van der Waals surface area contributed by atoms with Crippen molar-refractivity contribution in [1.29, 1.82) is 0 Å². The summed E-state index contributed by atoms with van der Waals surface area (Å²) in [4.78, 5) is 0. The Bertz CT molecular complexity index is 511. The second-order valence-electron chi connectivity index (χ2n) is 9.08. The van der Waals surface area contributed by atoms with E-state index < -0.39 is 0 Å². The minimum atomic E-state index is 0.187. The third-order valence-corrected chi connectivity index (χ3v) is 4.44. The molecule has 0 saturated heterocycles. The van der Waals surface area contributed by atoms with Crippen molar-refractivity contribution in [2.24, 2.45) is 11.3 Å². The summed E-state index contributed by atoms with van der Waals surface area (Å²) in [5.74, 6) is 2.14. The Kier molecular flexibility index (Phi) is 11.0. The van der Waals surface area contributed by atoms with Crippen molar-refractivity contribution in [2.45, 2.75) is 72.9 Å². The van der Waals surface area contributed by atoms with E-state index in [-0.39, 0.29) is 17.5 Å². The van der Waals surface area contributed by atoms with E-state index in [0.29, 0.717) is 5.92 Å². The molecule has 0 heterocycles. The van der Waals surface area contributed by atoms with Gasteiger partial charge >= 0.3 is 0 Å². The van der Waals surface area contributed by atoms with Crippen LogP contribution in [0, 0.1) is 11.3 Å². The predicted molar refractivity (Wildman–Crippen MR) is 121 cm³/mol. The third-order valence-electron chi connectivity index (χ3n) is 4.44. The summed E-state index contributed by atoms with van der Waals surface area (Å²) >= 11 is 0. The first-order valence-electron chi connectivity index (χ1n) is 10.0. The van der Waals surface area contributed by atoms with E-state index in [4.69, 9.17) is 0 Å². The second kappa shape index (κ2) is 11.8. The molecule has 0 rings (SSSR count). The first kappa shape index (κ1) is 25.2. The highest BCUT2D eigenvalue weighted by atomic mass is 15.1. The molecule has 0 aromatic rings. The molecule has 0 spiro atoms. The first-order valence-corrected chi connectivity index (χ1v) is 10.0. The normalized spacial score (nSPS) is 13.5. The van der Waals surface area contributed by atoms with Crippen LogP contribution in [-0.2, 0) is 0 Å². The maximum atomic E-state index is 4.37. The molecule has 1 unspecified atom stereocenters. The fraction of sp³-hybridized carbons (Fsp3) is 0.652. The molecular formula is C23H44N4. The summed E-state index contributed by atoms with van der Waals surface area (Å²) in [5, 5.41) is 13.4. The minimum Gasteiger partial charge on any atom is -0.375 e. The molecule has 0 bridgehead atoms. The zero-order valence-electron chi connectivity index (χ0n) is 18.9. The molecule has 0 radical (unpaired) electrons. The highest BCUT2D eigenvalue weighted by molar-refractivity contribution is 5.14. The van der Waals surface area contributed by atoms with E-state index in [0.717, 1.165) is 43.0 Å². The van der Waals surface area contributed by atoms with E-state index in [1.807, 2.05) is 7.05 Å². The fourth-order valence-corrected chi connectivity index (χ4v) is 3.12. The molecule has 0 fully saturated rings. The highest BCUT2D eigenvalue weighted by Crippen LogP contribution is 2.26. The number of hydrogen-bond donors (Lipinski definition) is 4. The van der Waals surface area contributed by atoms with E-state index in [1.165, 1.54) is 5.57 Å². The summed E-state index contributed by atoms with van der Waals surface area (Å²) in [6, 6.07) is 0.397. The van der Waals surface area contributed by atoms with Crippen molar-refractivity contribution in [3.8, 4) is 0 Å². The van der Waals surface area contributed by atoms with Gasteiger partial charge in [0.05, 0.1) is 17.7 Å². The van der Waals surface area contributed by atoms with Gasteiger partial charge in [0.1, 0.15) is 0 Å². The summed E-state index contributed by atoms with van der Waals surface area (Å²) in [5.41, 5.74) is 2.55.